The molecule has 0 bridgehead atoms. The summed E-state index contributed by atoms with van der Waals surface area (Å²) in [6.07, 6.45) is 7.67. The number of benzene rings is 3. The quantitative estimate of drug-likeness (QED) is 0.180. The minimum Gasteiger partial charge on any atom is -0.509 e. The minimum absolute atomic E-state index is 0. The molecule has 5 aromatic rings. The summed E-state index contributed by atoms with van der Waals surface area (Å²) in [5.74, 6) is 2.89. The first-order valence-electron chi connectivity index (χ1n) is 11.2. The monoisotopic (exact) mass is 648 g/mol. The van der Waals surface area contributed by atoms with Crippen molar-refractivity contribution < 1.29 is 30.5 Å². The third-order valence-electron chi connectivity index (χ3n) is 5.47. The number of hydrogen-bond donors (Lipinski definition) is 0. The fourth-order valence-corrected chi connectivity index (χ4v) is 3.90. The predicted molar refractivity (Wildman–Crippen MR) is 136 cm³/mol. The molecular weight excluding hydrogens is 629 g/mol. The number of nitrogens with zero attached hydrogens (tertiary/aromatic N) is 3. The molecule has 0 atom stereocenters. The van der Waals surface area contributed by atoms with Crippen molar-refractivity contribution in [2.24, 2.45) is 0 Å². The summed E-state index contributed by atoms with van der Waals surface area (Å²) >= 11 is 0. The second-order valence-electron chi connectivity index (χ2n) is 7.79. The molecule has 2 aromatic heterocycles. The van der Waals surface area contributed by atoms with Crippen LogP contribution in [-0.2, 0) is 21.1 Å². The van der Waals surface area contributed by atoms with Gasteiger partial charge in [-0.2, -0.15) is 12.1 Å². The zero-order chi connectivity index (χ0) is 23.5. The molecule has 6 heteroatoms. The second-order valence-corrected chi connectivity index (χ2v) is 7.79. The minimum atomic E-state index is 0. The molecule has 0 amide bonds. The molecule has 0 N–H and O–H groups in total. The number of fused-ring (bicyclic) bond motifs is 2. The van der Waals surface area contributed by atoms with Crippen LogP contribution in [0.25, 0.3) is 12.2 Å². The van der Waals surface area contributed by atoms with Gasteiger partial charge in [-0.05, 0) is 29.8 Å². The van der Waals surface area contributed by atoms with Crippen molar-refractivity contribution in [2.75, 3.05) is 4.90 Å². The molecule has 0 radical (unpaired) electrons. The number of hydrogen-bond acceptors (Lipinski definition) is 5. The van der Waals surface area contributed by atoms with E-state index >= 15 is 0 Å². The number of pyridine rings is 2. The molecule has 0 unspecified atom stereocenters. The van der Waals surface area contributed by atoms with Crippen molar-refractivity contribution in [1.82, 2.24) is 9.97 Å². The maximum Gasteiger partial charge on any atom is 2.00 e. The zero-order valence-electron chi connectivity index (χ0n) is 18.9. The van der Waals surface area contributed by atoms with Crippen LogP contribution in [0, 0.1) is 12.1 Å². The smallest absolute Gasteiger partial charge is 0.509 e. The number of anilines is 3. The Kier molecular flexibility index (Phi) is 6.92. The second kappa shape index (κ2) is 10.6. The van der Waals surface area contributed by atoms with Crippen molar-refractivity contribution >= 4 is 29.3 Å². The summed E-state index contributed by atoms with van der Waals surface area (Å²) in [6, 6.07) is 35.6. The van der Waals surface area contributed by atoms with Crippen molar-refractivity contribution in [1.29, 1.82) is 0 Å². The first kappa shape index (κ1) is 23.5. The van der Waals surface area contributed by atoms with Crippen LogP contribution < -0.4 is 14.4 Å². The van der Waals surface area contributed by atoms with E-state index in [0.717, 1.165) is 28.3 Å². The molecule has 0 saturated heterocycles. The summed E-state index contributed by atoms with van der Waals surface area (Å²) in [5.41, 5.74) is 3.98. The maximum absolute atomic E-state index is 6.15. The Morgan fingerprint density at radius 3 is 2.11 bits per heavy atom. The van der Waals surface area contributed by atoms with Gasteiger partial charge in [-0.15, -0.1) is 35.9 Å². The SMILES string of the molecule is [Pt+2].[c-]1c(Oc2[c-]c3c(cc2)C=Cc2ccccc2N3c2ccccn2)cccc1Oc1ccccn1. The van der Waals surface area contributed by atoms with E-state index in [1.807, 2.05) is 72.8 Å². The Morgan fingerprint density at radius 1 is 0.583 bits per heavy atom. The maximum atomic E-state index is 6.15. The molecule has 5 nitrogen and oxygen atoms in total. The summed E-state index contributed by atoms with van der Waals surface area (Å²) in [4.78, 5) is 10.9. The third kappa shape index (κ3) is 4.93. The normalized spacial score (nSPS) is 11.5. The number of ether oxygens (including phenoxy) is 2. The zero-order valence-corrected chi connectivity index (χ0v) is 21.2. The number of rotatable bonds is 5. The van der Waals surface area contributed by atoms with Crippen LogP contribution >= 0.6 is 0 Å². The van der Waals surface area contributed by atoms with E-state index in [2.05, 4.69) is 51.3 Å². The molecule has 0 spiro atoms. The molecule has 176 valence electrons. The number of para-hydroxylation sites is 1. The van der Waals surface area contributed by atoms with Crippen molar-refractivity contribution in [2.45, 2.75) is 0 Å². The summed E-state index contributed by atoms with van der Waals surface area (Å²) in [6.45, 7) is 0. The molecule has 6 rings (SSSR count). The van der Waals surface area contributed by atoms with Gasteiger partial charge in [0, 0.05) is 35.7 Å². The average molecular weight is 649 g/mol. The summed E-state index contributed by atoms with van der Waals surface area (Å²) in [5, 5.41) is 0. The summed E-state index contributed by atoms with van der Waals surface area (Å²) in [7, 11) is 0. The molecule has 1 aliphatic heterocycles. The van der Waals surface area contributed by atoms with E-state index in [-0.39, 0.29) is 21.1 Å². The molecule has 3 aromatic carbocycles. The Morgan fingerprint density at radius 2 is 1.31 bits per heavy atom. The Bertz CT molecular complexity index is 1510. The standard InChI is InChI=1S/C30H19N3O2.Pt/c1-2-11-27-22(8-1)14-15-23-16-17-26(21-28(23)33(27)29-12-3-5-18-31-29)34-24-9-7-10-25(20-24)35-30-13-4-6-19-32-30;/h1-19H;/q-2;+2. The van der Waals surface area contributed by atoms with E-state index in [4.69, 9.17) is 9.47 Å². The van der Waals surface area contributed by atoms with E-state index in [1.165, 1.54) is 0 Å². The first-order valence-corrected chi connectivity index (χ1v) is 11.2. The van der Waals surface area contributed by atoms with Crippen LogP contribution in [0.2, 0.25) is 0 Å². The third-order valence-corrected chi connectivity index (χ3v) is 5.47. The van der Waals surface area contributed by atoms with Crippen molar-refractivity contribution in [3.8, 4) is 23.1 Å². The molecule has 1 aliphatic rings. The van der Waals surface area contributed by atoms with Gasteiger partial charge in [0.1, 0.15) is 5.82 Å². The van der Waals surface area contributed by atoms with Crippen LogP contribution in [-0.4, -0.2) is 9.97 Å². The molecular formula is C30H19N3O2Pt. The molecule has 3 heterocycles. The fraction of sp³-hybridized carbons (Fsp3) is 0. The van der Waals surface area contributed by atoms with Crippen LogP contribution in [0.4, 0.5) is 17.2 Å². The van der Waals surface area contributed by atoms with Gasteiger partial charge < -0.3 is 14.4 Å². The van der Waals surface area contributed by atoms with Crippen LogP contribution in [0.15, 0.2) is 103 Å². The fourth-order valence-electron chi connectivity index (χ4n) is 3.90. The Labute approximate surface area is 224 Å². The van der Waals surface area contributed by atoms with Gasteiger partial charge in [0.15, 0.2) is 0 Å². The van der Waals surface area contributed by atoms with Crippen LogP contribution in [0.3, 0.4) is 0 Å². The van der Waals surface area contributed by atoms with E-state index in [1.54, 1.807) is 18.5 Å². The summed E-state index contributed by atoms with van der Waals surface area (Å²) < 4.78 is 11.9. The average Bonchev–Trinajstić information content (AvgIpc) is 3.07. The topological polar surface area (TPSA) is 47.5 Å². The van der Waals surface area contributed by atoms with Gasteiger partial charge >= 0.3 is 21.1 Å². The molecule has 0 saturated carbocycles. The van der Waals surface area contributed by atoms with Gasteiger partial charge in [0.25, 0.3) is 0 Å². The first-order chi connectivity index (χ1) is 17.3. The predicted octanol–water partition coefficient (Wildman–Crippen LogP) is 7.61. The molecule has 36 heavy (non-hydrogen) atoms. The van der Waals surface area contributed by atoms with Crippen LogP contribution in [0.1, 0.15) is 11.1 Å². The van der Waals surface area contributed by atoms with Gasteiger partial charge in [-0.1, -0.05) is 48.2 Å². The molecule has 0 fully saturated rings. The van der Waals surface area contributed by atoms with Gasteiger partial charge in [-0.3, -0.25) is 0 Å². The Hall–Kier alpha value is -4.21. The van der Waals surface area contributed by atoms with Gasteiger partial charge in [0.05, 0.1) is 5.69 Å². The number of aromatic nitrogens is 2. The molecule has 0 aliphatic carbocycles. The van der Waals surface area contributed by atoms with E-state index in [9.17, 15) is 0 Å². The van der Waals surface area contributed by atoms with Gasteiger partial charge in [0.2, 0.25) is 5.88 Å². The van der Waals surface area contributed by atoms with E-state index in [0.29, 0.717) is 23.1 Å². The van der Waals surface area contributed by atoms with Gasteiger partial charge in [-0.25, -0.2) is 9.97 Å². The van der Waals surface area contributed by atoms with Crippen LogP contribution in [0.5, 0.6) is 23.1 Å². The Balaban J connectivity index is 0.00000267. The largest absolute Gasteiger partial charge is 2.00 e. The van der Waals surface area contributed by atoms with E-state index < -0.39 is 0 Å². The van der Waals surface area contributed by atoms with Crippen molar-refractivity contribution in [3.05, 3.63) is 127 Å². The van der Waals surface area contributed by atoms with Crippen molar-refractivity contribution in [3.63, 3.8) is 0 Å².